The third kappa shape index (κ3) is 1.84. The first kappa shape index (κ1) is 10.5. The molecule has 0 atom stereocenters. The first-order valence-corrected chi connectivity index (χ1v) is 5.55. The van der Waals surface area contributed by atoms with Gasteiger partial charge in [0.05, 0.1) is 0 Å². The van der Waals surface area contributed by atoms with E-state index in [0.29, 0.717) is 5.89 Å². The van der Waals surface area contributed by atoms with Gasteiger partial charge in [-0.15, -0.1) is 5.10 Å². The molecule has 0 fully saturated rings. The van der Waals surface area contributed by atoms with E-state index in [-0.39, 0.29) is 0 Å². The van der Waals surface area contributed by atoms with Crippen molar-refractivity contribution in [3.63, 3.8) is 0 Å². The Hall–Kier alpha value is -2.62. The summed E-state index contributed by atoms with van der Waals surface area (Å²) in [4.78, 5) is 11.0. The Balaban J connectivity index is 2.20. The SMILES string of the molecule is O=c1[nH]nc(-c2ccccc2-c2ccccc2)o1. The minimum atomic E-state index is -0.548. The van der Waals surface area contributed by atoms with Gasteiger partial charge in [-0.05, 0) is 17.2 Å². The molecule has 0 radical (unpaired) electrons. The molecule has 0 aliphatic carbocycles. The van der Waals surface area contributed by atoms with Gasteiger partial charge >= 0.3 is 5.76 Å². The number of benzene rings is 2. The highest BCUT2D eigenvalue weighted by Gasteiger charge is 2.11. The fraction of sp³-hybridized carbons (Fsp3) is 0. The zero-order chi connectivity index (χ0) is 12.4. The zero-order valence-corrected chi connectivity index (χ0v) is 9.46. The Labute approximate surface area is 103 Å². The van der Waals surface area contributed by atoms with Gasteiger partial charge in [0.1, 0.15) is 0 Å². The minimum absolute atomic E-state index is 0.305. The summed E-state index contributed by atoms with van der Waals surface area (Å²) in [6, 6.07) is 17.6. The highest BCUT2D eigenvalue weighted by molar-refractivity contribution is 5.79. The van der Waals surface area contributed by atoms with Gasteiger partial charge in [-0.1, -0.05) is 48.5 Å². The van der Waals surface area contributed by atoms with E-state index in [2.05, 4.69) is 10.2 Å². The average molecular weight is 238 g/mol. The molecular weight excluding hydrogens is 228 g/mol. The van der Waals surface area contributed by atoms with Crippen molar-refractivity contribution < 1.29 is 4.42 Å². The number of aromatic nitrogens is 2. The largest absolute Gasteiger partial charge is 0.434 e. The van der Waals surface area contributed by atoms with Crippen LogP contribution < -0.4 is 5.76 Å². The Morgan fingerprint density at radius 3 is 2.22 bits per heavy atom. The lowest BCUT2D eigenvalue weighted by Gasteiger charge is -2.05. The molecule has 1 heterocycles. The zero-order valence-electron chi connectivity index (χ0n) is 9.46. The molecule has 4 heteroatoms. The molecule has 18 heavy (non-hydrogen) atoms. The maximum Gasteiger partial charge on any atom is 0.434 e. The fourth-order valence-corrected chi connectivity index (χ4v) is 1.88. The number of H-pyrrole nitrogens is 1. The number of nitrogens with one attached hydrogen (secondary N) is 1. The van der Waals surface area contributed by atoms with Crippen LogP contribution in [0.2, 0.25) is 0 Å². The van der Waals surface area contributed by atoms with Crippen molar-refractivity contribution in [2.24, 2.45) is 0 Å². The van der Waals surface area contributed by atoms with E-state index < -0.39 is 5.76 Å². The molecule has 0 unspecified atom stereocenters. The lowest BCUT2D eigenvalue weighted by Crippen LogP contribution is -1.93. The molecule has 0 bridgehead atoms. The molecule has 0 aliphatic heterocycles. The van der Waals surface area contributed by atoms with Crippen LogP contribution >= 0.6 is 0 Å². The Morgan fingerprint density at radius 2 is 1.56 bits per heavy atom. The lowest BCUT2D eigenvalue weighted by atomic mass is 10.00. The Bertz CT molecular complexity index is 714. The molecule has 1 aromatic heterocycles. The summed E-state index contributed by atoms with van der Waals surface area (Å²) in [6.45, 7) is 0. The van der Waals surface area contributed by atoms with Crippen LogP contribution in [0, 0.1) is 0 Å². The van der Waals surface area contributed by atoms with Gasteiger partial charge in [0.2, 0.25) is 5.89 Å². The summed E-state index contributed by atoms with van der Waals surface area (Å²) in [7, 11) is 0. The van der Waals surface area contributed by atoms with Crippen molar-refractivity contribution in [1.29, 1.82) is 0 Å². The summed E-state index contributed by atoms with van der Waals surface area (Å²) in [6.07, 6.45) is 0. The first-order chi connectivity index (χ1) is 8.84. The van der Waals surface area contributed by atoms with E-state index in [1.807, 2.05) is 54.6 Å². The normalized spacial score (nSPS) is 10.4. The summed E-state index contributed by atoms with van der Waals surface area (Å²) >= 11 is 0. The molecular formula is C14H10N2O2. The van der Waals surface area contributed by atoms with Crippen LogP contribution in [0.4, 0.5) is 0 Å². The monoisotopic (exact) mass is 238 g/mol. The Morgan fingerprint density at radius 1 is 0.889 bits per heavy atom. The minimum Gasteiger partial charge on any atom is -0.388 e. The molecule has 0 saturated carbocycles. The van der Waals surface area contributed by atoms with Crippen LogP contribution in [0.1, 0.15) is 0 Å². The average Bonchev–Trinajstić information content (AvgIpc) is 2.86. The predicted molar refractivity (Wildman–Crippen MR) is 68.0 cm³/mol. The maximum absolute atomic E-state index is 11.0. The van der Waals surface area contributed by atoms with Crippen LogP contribution in [0.5, 0.6) is 0 Å². The van der Waals surface area contributed by atoms with E-state index in [0.717, 1.165) is 16.7 Å². The van der Waals surface area contributed by atoms with Crippen molar-refractivity contribution in [3.05, 3.63) is 65.1 Å². The molecule has 0 aliphatic rings. The molecule has 88 valence electrons. The maximum atomic E-state index is 11.0. The van der Waals surface area contributed by atoms with Crippen LogP contribution in [-0.4, -0.2) is 10.2 Å². The smallest absolute Gasteiger partial charge is 0.388 e. The number of nitrogens with zero attached hydrogens (tertiary/aromatic N) is 1. The van der Waals surface area contributed by atoms with Gasteiger partial charge in [0.15, 0.2) is 0 Å². The van der Waals surface area contributed by atoms with Gasteiger partial charge in [0.25, 0.3) is 0 Å². The molecule has 0 saturated heterocycles. The molecule has 0 spiro atoms. The number of hydrogen-bond donors (Lipinski definition) is 1. The van der Waals surface area contributed by atoms with Crippen LogP contribution in [0.15, 0.2) is 63.8 Å². The van der Waals surface area contributed by atoms with Crippen molar-refractivity contribution in [2.45, 2.75) is 0 Å². The molecule has 3 rings (SSSR count). The highest BCUT2D eigenvalue weighted by Crippen LogP contribution is 2.29. The topological polar surface area (TPSA) is 58.9 Å². The Kier molecular flexibility index (Phi) is 2.53. The van der Waals surface area contributed by atoms with Crippen LogP contribution in [0.3, 0.4) is 0 Å². The molecule has 2 aromatic carbocycles. The number of rotatable bonds is 2. The molecule has 3 aromatic rings. The second-order valence-electron chi connectivity index (χ2n) is 3.83. The van der Waals surface area contributed by atoms with Crippen LogP contribution in [-0.2, 0) is 0 Å². The first-order valence-electron chi connectivity index (χ1n) is 5.55. The van der Waals surface area contributed by atoms with Crippen molar-refractivity contribution in [3.8, 4) is 22.6 Å². The highest BCUT2D eigenvalue weighted by atomic mass is 16.4. The summed E-state index contributed by atoms with van der Waals surface area (Å²) in [5.74, 6) is -0.243. The van der Waals surface area contributed by atoms with E-state index in [4.69, 9.17) is 4.42 Å². The van der Waals surface area contributed by atoms with E-state index in [9.17, 15) is 4.79 Å². The van der Waals surface area contributed by atoms with Gasteiger partial charge in [-0.2, -0.15) is 0 Å². The van der Waals surface area contributed by atoms with Gasteiger partial charge in [-0.3, -0.25) is 0 Å². The summed E-state index contributed by atoms with van der Waals surface area (Å²) in [5, 5.41) is 6.14. The number of hydrogen-bond acceptors (Lipinski definition) is 3. The third-order valence-electron chi connectivity index (χ3n) is 2.68. The van der Waals surface area contributed by atoms with E-state index in [1.54, 1.807) is 0 Å². The van der Waals surface area contributed by atoms with Gasteiger partial charge in [0, 0.05) is 5.56 Å². The van der Waals surface area contributed by atoms with Gasteiger partial charge < -0.3 is 4.42 Å². The molecule has 0 amide bonds. The third-order valence-corrected chi connectivity index (χ3v) is 2.68. The van der Waals surface area contributed by atoms with Crippen LogP contribution in [0.25, 0.3) is 22.6 Å². The van der Waals surface area contributed by atoms with E-state index in [1.165, 1.54) is 0 Å². The van der Waals surface area contributed by atoms with Gasteiger partial charge in [-0.25, -0.2) is 9.89 Å². The second kappa shape index (κ2) is 4.33. The number of aromatic amines is 1. The second-order valence-corrected chi connectivity index (χ2v) is 3.83. The van der Waals surface area contributed by atoms with Crippen molar-refractivity contribution in [2.75, 3.05) is 0 Å². The van der Waals surface area contributed by atoms with Crippen molar-refractivity contribution in [1.82, 2.24) is 10.2 Å². The van der Waals surface area contributed by atoms with Crippen molar-refractivity contribution >= 4 is 0 Å². The van der Waals surface area contributed by atoms with E-state index >= 15 is 0 Å². The summed E-state index contributed by atoms with van der Waals surface area (Å²) < 4.78 is 5.01. The summed E-state index contributed by atoms with van der Waals surface area (Å²) in [5.41, 5.74) is 2.83. The fourth-order valence-electron chi connectivity index (χ4n) is 1.88. The quantitative estimate of drug-likeness (QED) is 0.746. The predicted octanol–water partition coefficient (Wildman–Crippen LogP) is 2.70. The molecule has 4 nitrogen and oxygen atoms in total. The standard InChI is InChI=1S/C14H10N2O2/c17-14-16-15-13(18-14)12-9-5-4-8-11(12)10-6-2-1-3-7-10/h1-9H,(H,16,17). The molecule has 1 N–H and O–H groups in total. The lowest BCUT2D eigenvalue weighted by molar-refractivity contribution is 0.527.